The van der Waals surface area contributed by atoms with E-state index >= 15 is 0 Å². The lowest BCUT2D eigenvalue weighted by molar-refractivity contribution is -0.137. The first kappa shape index (κ1) is 24.4. The van der Waals surface area contributed by atoms with Crippen LogP contribution in [0.5, 0.6) is 0 Å². The first-order chi connectivity index (χ1) is 15.2. The number of para-hydroxylation sites is 1. The summed E-state index contributed by atoms with van der Waals surface area (Å²) in [4.78, 5) is 53.1. The molecule has 1 aliphatic rings. The van der Waals surface area contributed by atoms with E-state index in [0.717, 1.165) is 0 Å². The smallest absolute Gasteiger partial charge is 0.266 e. The minimum atomic E-state index is -0.301. The number of halogens is 1. The van der Waals surface area contributed by atoms with Gasteiger partial charge in [0, 0.05) is 37.6 Å². The predicted molar refractivity (Wildman–Crippen MR) is 131 cm³/mol. The number of rotatable bonds is 8. The van der Waals surface area contributed by atoms with Gasteiger partial charge in [-0.1, -0.05) is 30.0 Å². The zero-order chi connectivity index (χ0) is 23.4. The average molecular weight is 492 g/mol. The van der Waals surface area contributed by atoms with Gasteiger partial charge in [0.25, 0.3) is 17.4 Å². The number of benzene rings is 1. The largest absolute Gasteiger partial charge is 0.342 e. The number of aromatic nitrogens is 2. The van der Waals surface area contributed by atoms with Gasteiger partial charge >= 0.3 is 0 Å². The third-order valence-electron chi connectivity index (χ3n) is 5.10. The number of carbonyl (C=O) groups excluding carboxylic acids is 2. The third kappa shape index (κ3) is 5.21. The second kappa shape index (κ2) is 10.6. The van der Waals surface area contributed by atoms with Gasteiger partial charge in [-0.25, -0.2) is 4.98 Å². The Bertz CT molecular complexity index is 1180. The molecule has 2 aromatic rings. The monoisotopic (exact) mass is 491 g/mol. The van der Waals surface area contributed by atoms with Crippen molar-refractivity contribution in [3.63, 3.8) is 0 Å². The van der Waals surface area contributed by atoms with Crippen molar-refractivity contribution in [2.24, 2.45) is 0 Å². The van der Waals surface area contributed by atoms with Crippen molar-refractivity contribution in [2.45, 2.75) is 43.0 Å². The van der Waals surface area contributed by atoms with Crippen LogP contribution in [0.2, 0.25) is 0 Å². The number of amides is 2. The van der Waals surface area contributed by atoms with E-state index in [1.54, 1.807) is 57.0 Å². The average Bonchev–Trinajstić information content (AvgIpc) is 2.94. The Morgan fingerprint density at radius 2 is 1.84 bits per heavy atom. The SMILES string of the molecule is CC1=C(C)C(=O)N(CCC(C=PO)Sc2nc3ccccc3c(=O)n2/C=C/C(C)Cl)C1=O. The summed E-state index contributed by atoms with van der Waals surface area (Å²) in [6.07, 6.45) is 3.68. The highest BCUT2D eigenvalue weighted by atomic mass is 35.5. The highest BCUT2D eigenvalue weighted by Gasteiger charge is 2.33. The fourth-order valence-corrected chi connectivity index (χ4v) is 4.87. The molecule has 0 radical (unpaired) electrons. The van der Waals surface area contributed by atoms with E-state index in [0.29, 0.717) is 33.6 Å². The molecule has 0 bridgehead atoms. The van der Waals surface area contributed by atoms with Crippen LogP contribution in [0.3, 0.4) is 0 Å². The summed E-state index contributed by atoms with van der Waals surface area (Å²) >= 11 is 7.32. The number of hydrogen-bond acceptors (Lipinski definition) is 6. The number of allylic oxidation sites excluding steroid dienone is 1. The van der Waals surface area contributed by atoms with Crippen LogP contribution in [0.1, 0.15) is 27.2 Å². The van der Waals surface area contributed by atoms with Crippen molar-refractivity contribution in [3.05, 3.63) is 51.8 Å². The van der Waals surface area contributed by atoms with Gasteiger partial charge in [-0.3, -0.25) is 23.9 Å². The van der Waals surface area contributed by atoms with Crippen molar-refractivity contribution < 1.29 is 14.5 Å². The number of nitrogens with zero attached hydrogens (tertiary/aromatic N) is 3. The molecule has 2 unspecified atom stereocenters. The van der Waals surface area contributed by atoms with Crippen molar-refractivity contribution in [3.8, 4) is 0 Å². The molecule has 0 aliphatic carbocycles. The molecule has 2 heterocycles. The van der Waals surface area contributed by atoms with Gasteiger partial charge < -0.3 is 4.89 Å². The van der Waals surface area contributed by atoms with Crippen LogP contribution in [0.25, 0.3) is 17.1 Å². The van der Waals surface area contributed by atoms with Crippen molar-refractivity contribution >= 4 is 66.5 Å². The molecule has 32 heavy (non-hydrogen) atoms. The maximum atomic E-state index is 13.1. The first-order valence-corrected chi connectivity index (χ1v) is 12.2. The maximum Gasteiger partial charge on any atom is 0.266 e. The number of hydrogen-bond donors (Lipinski definition) is 1. The second-order valence-electron chi connectivity index (χ2n) is 7.33. The Labute approximate surface area is 196 Å². The molecule has 0 saturated carbocycles. The summed E-state index contributed by atoms with van der Waals surface area (Å²) in [5.74, 6) is 1.05. The normalized spacial score (nSPS) is 16.8. The molecule has 1 aliphatic heterocycles. The van der Waals surface area contributed by atoms with Crippen LogP contribution in [0.4, 0.5) is 0 Å². The molecule has 3 rings (SSSR count). The lowest BCUT2D eigenvalue weighted by Crippen LogP contribution is -2.34. The zero-order valence-electron chi connectivity index (χ0n) is 17.9. The summed E-state index contributed by atoms with van der Waals surface area (Å²) in [5.41, 5.74) is 1.24. The Kier molecular flexibility index (Phi) is 8.06. The topological polar surface area (TPSA) is 92.5 Å². The van der Waals surface area contributed by atoms with E-state index in [-0.39, 0.29) is 43.0 Å². The minimum Gasteiger partial charge on any atom is -0.342 e. The molecule has 1 N–H and O–H groups in total. The predicted octanol–water partition coefficient (Wildman–Crippen LogP) is 3.71. The summed E-state index contributed by atoms with van der Waals surface area (Å²) < 4.78 is 1.43. The minimum absolute atomic E-state index is 0.0542. The number of thioether (sulfide) groups is 1. The van der Waals surface area contributed by atoms with E-state index in [9.17, 15) is 19.3 Å². The van der Waals surface area contributed by atoms with E-state index in [1.807, 2.05) is 6.07 Å². The van der Waals surface area contributed by atoms with Crippen LogP contribution in [0, 0.1) is 0 Å². The third-order valence-corrected chi connectivity index (χ3v) is 7.11. The summed E-state index contributed by atoms with van der Waals surface area (Å²) in [6, 6.07) is 7.06. The molecular weight excluding hydrogens is 469 g/mol. The quantitative estimate of drug-likeness (QED) is 0.199. The summed E-state index contributed by atoms with van der Waals surface area (Å²) in [6.45, 7) is 5.26. The lowest BCUT2D eigenvalue weighted by Gasteiger charge is -2.19. The molecule has 2 amide bonds. The van der Waals surface area contributed by atoms with Gasteiger partial charge in [-0.15, -0.1) is 11.6 Å². The van der Waals surface area contributed by atoms with E-state index in [1.165, 1.54) is 21.2 Å². The van der Waals surface area contributed by atoms with Gasteiger partial charge in [-0.2, -0.15) is 0 Å². The lowest BCUT2D eigenvalue weighted by atomic mass is 10.2. The van der Waals surface area contributed by atoms with Crippen LogP contribution in [-0.4, -0.2) is 54.1 Å². The van der Waals surface area contributed by atoms with Crippen molar-refractivity contribution in [1.82, 2.24) is 14.5 Å². The molecule has 2 atom stereocenters. The highest BCUT2D eigenvalue weighted by molar-refractivity contribution is 8.00. The number of fused-ring (bicyclic) bond motifs is 1. The van der Waals surface area contributed by atoms with E-state index in [2.05, 4.69) is 4.98 Å². The van der Waals surface area contributed by atoms with Gasteiger partial charge in [0.15, 0.2) is 5.16 Å². The van der Waals surface area contributed by atoms with Gasteiger partial charge in [-0.05, 0) is 45.1 Å². The standard InChI is InChI=1S/C22H23ClN3O4PS/c1-13(23)8-10-26-21(29)17-6-4-5-7-18(17)24-22(26)32-16(12-31-30)9-11-25-19(27)14(2)15(3)20(25)28/h4-8,10,12-13,16,30H,9,11H2,1-3H3/b10-8+. The molecule has 1 aromatic carbocycles. The molecule has 0 saturated heterocycles. The molecule has 1 aromatic heterocycles. The van der Waals surface area contributed by atoms with Crippen LogP contribution < -0.4 is 5.56 Å². The molecular formula is C22H23ClN3O4PS. The summed E-state index contributed by atoms with van der Waals surface area (Å²) in [7, 11) is 0.0542. The van der Waals surface area contributed by atoms with Crippen LogP contribution >= 0.6 is 31.8 Å². The molecule has 168 valence electrons. The van der Waals surface area contributed by atoms with Gasteiger partial charge in [0.2, 0.25) is 0 Å². The van der Waals surface area contributed by atoms with Crippen molar-refractivity contribution in [2.75, 3.05) is 6.54 Å². The van der Waals surface area contributed by atoms with Gasteiger partial charge in [0.05, 0.1) is 16.3 Å². The first-order valence-electron chi connectivity index (χ1n) is 9.96. The molecule has 0 spiro atoms. The van der Waals surface area contributed by atoms with Gasteiger partial charge in [0.1, 0.15) is 0 Å². The van der Waals surface area contributed by atoms with Crippen LogP contribution in [-0.2, 0) is 9.59 Å². The molecule has 7 nitrogen and oxygen atoms in total. The Morgan fingerprint density at radius 1 is 1.19 bits per heavy atom. The Hall–Kier alpha value is -2.25. The number of carbonyl (C=O) groups is 2. The maximum absolute atomic E-state index is 13.1. The fraction of sp³-hybridized carbons (Fsp3) is 0.318. The van der Waals surface area contributed by atoms with E-state index in [4.69, 9.17) is 11.6 Å². The summed E-state index contributed by atoms with van der Waals surface area (Å²) in [5, 5.41) is 0.326. The second-order valence-corrected chi connectivity index (χ2v) is 9.75. The molecule has 0 fully saturated rings. The number of imide groups is 1. The Balaban J connectivity index is 1.91. The fourth-order valence-electron chi connectivity index (χ4n) is 3.20. The van der Waals surface area contributed by atoms with Crippen molar-refractivity contribution in [1.29, 1.82) is 0 Å². The van der Waals surface area contributed by atoms with Crippen LogP contribution in [0.15, 0.2) is 51.4 Å². The zero-order valence-corrected chi connectivity index (χ0v) is 20.3. The Morgan fingerprint density at radius 3 is 2.47 bits per heavy atom. The van der Waals surface area contributed by atoms with E-state index < -0.39 is 0 Å². The number of alkyl halides is 1. The molecule has 10 heteroatoms. The highest BCUT2D eigenvalue weighted by Crippen LogP contribution is 2.27.